The van der Waals surface area contributed by atoms with Crippen LogP contribution in [0.1, 0.15) is 5.56 Å². The van der Waals surface area contributed by atoms with E-state index in [-0.39, 0.29) is 17.5 Å². The maximum absolute atomic E-state index is 13.2. The predicted octanol–water partition coefficient (Wildman–Crippen LogP) is 3.16. The van der Waals surface area contributed by atoms with Gasteiger partial charge in [-0.1, -0.05) is 42.1 Å². The first kappa shape index (κ1) is 21.0. The molecule has 3 heterocycles. The van der Waals surface area contributed by atoms with E-state index < -0.39 is 5.69 Å². The van der Waals surface area contributed by atoms with Crippen molar-refractivity contribution in [1.29, 1.82) is 0 Å². The van der Waals surface area contributed by atoms with Crippen molar-refractivity contribution in [3.63, 3.8) is 0 Å². The third kappa shape index (κ3) is 4.37. The third-order valence-electron chi connectivity index (χ3n) is 5.24. The molecule has 0 saturated carbocycles. The van der Waals surface area contributed by atoms with Crippen molar-refractivity contribution < 1.29 is 9.18 Å². The monoisotopic (exact) mass is 462 g/mol. The van der Waals surface area contributed by atoms with Gasteiger partial charge in [0.25, 0.3) is 0 Å². The Balaban J connectivity index is 1.23. The summed E-state index contributed by atoms with van der Waals surface area (Å²) in [5.41, 5.74) is 3.38. The topological polar surface area (TPSA) is 108 Å². The molecule has 8 nitrogen and oxygen atoms in total. The van der Waals surface area contributed by atoms with Gasteiger partial charge in [-0.05, 0) is 35.7 Å². The minimum atomic E-state index is -0.462. The summed E-state index contributed by atoms with van der Waals surface area (Å²) in [5, 5.41) is 8.42. The molecule has 5 rings (SSSR count). The Morgan fingerprint density at radius 3 is 2.82 bits per heavy atom. The first-order valence-electron chi connectivity index (χ1n) is 10.3. The van der Waals surface area contributed by atoms with E-state index in [0.29, 0.717) is 34.9 Å². The molecule has 5 aromatic rings. The zero-order valence-electron chi connectivity index (χ0n) is 17.3. The molecule has 3 N–H and O–H groups in total. The van der Waals surface area contributed by atoms with Crippen LogP contribution in [-0.2, 0) is 11.2 Å². The molecule has 1 amide bonds. The highest BCUT2D eigenvalue weighted by Crippen LogP contribution is 2.24. The normalized spacial score (nSPS) is 11.3. The molecule has 0 atom stereocenters. The quantitative estimate of drug-likeness (QED) is 0.322. The summed E-state index contributed by atoms with van der Waals surface area (Å²) in [6.45, 7) is 0.502. The van der Waals surface area contributed by atoms with Gasteiger partial charge in [0, 0.05) is 29.2 Å². The van der Waals surface area contributed by atoms with Crippen LogP contribution in [0.25, 0.3) is 27.7 Å². The molecule has 0 saturated heterocycles. The largest absolute Gasteiger partial charge is 0.361 e. The maximum Gasteiger partial charge on any atom is 0.350 e. The molecule has 33 heavy (non-hydrogen) atoms. The van der Waals surface area contributed by atoms with Gasteiger partial charge in [0.1, 0.15) is 5.82 Å². The second kappa shape index (κ2) is 8.91. The summed E-state index contributed by atoms with van der Waals surface area (Å²) in [4.78, 5) is 35.0. The number of para-hydroxylation sites is 1. The summed E-state index contributed by atoms with van der Waals surface area (Å²) in [5.74, 6) is -0.407. The van der Waals surface area contributed by atoms with Gasteiger partial charge < -0.3 is 10.3 Å². The number of carbonyl (C=O) groups excluding carboxylic acids is 1. The van der Waals surface area contributed by atoms with E-state index in [2.05, 4.69) is 25.4 Å². The van der Waals surface area contributed by atoms with Gasteiger partial charge >= 0.3 is 5.69 Å². The highest BCUT2D eigenvalue weighted by atomic mass is 32.2. The Morgan fingerprint density at radius 2 is 1.97 bits per heavy atom. The van der Waals surface area contributed by atoms with Crippen LogP contribution in [0, 0.1) is 5.82 Å². The van der Waals surface area contributed by atoms with Gasteiger partial charge in [-0.25, -0.2) is 14.2 Å². The lowest BCUT2D eigenvalue weighted by atomic mass is 10.1. The number of hydrogen-bond acceptors (Lipinski definition) is 5. The van der Waals surface area contributed by atoms with E-state index in [1.54, 1.807) is 12.1 Å². The van der Waals surface area contributed by atoms with E-state index in [4.69, 9.17) is 0 Å². The average molecular weight is 463 g/mol. The molecule has 0 aliphatic carbocycles. The smallest absolute Gasteiger partial charge is 0.350 e. The van der Waals surface area contributed by atoms with Gasteiger partial charge in [0.2, 0.25) is 5.91 Å². The average Bonchev–Trinajstić information content (AvgIpc) is 3.43. The van der Waals surface area contributed by atoms with Gasteiger partial charge in [-0.2, -0.15) is 9.61 Å². The summed E-state index contributed by atoms with van der Waals surface area (Å²) >= 11 is 1.13. The van der Waals surface area contributed by atoms with Crippen molar-refractivity contribution in [2.75, 3.05) is 12.3 Å². The zero-order valence-corrected chi connectivity index (χ0v) is 18.2. The molecular formula is C23H19FN6O2S. The minimum absolute atomic E-state index is 0.104. The van der Waals surface area contributed by atoms with Crippen molar-refractivity contribution in [2.45, 2.75) is 11.6 Å². The first-order chi connectivity index (χ1) is 16.1. The lowest BCUT2D eigenvalue weighted by Gasteiger charge is -2.05. The number of thioether (sulfide) groups is 1. The molecule has 0 aliphatic heterocycles. The Bertz CT molecular complexity index is 1510. The molecule has 0 unspecified atom stereocenters. The molecule has 3 aromatic heterocycles. The van der Waals surface area contributed by atoms with Crippen LogP contribution < -0.4 is 11.0 Å². The Hall–Kier alpha value is -3.92. The Kier molecular flexibility index (Phi) is 5.66. The van der Waals surface area contributed by atoms with Crippen LogP contribution >= 0.6 is 11.8 Å². The Labute approximate surface area is 191 Å². The summed E-state index contributed by atoms with van der Waals surface area (Å²) in [6.07, 6.45) is 4.18. The number of hydrogen-bond donors (Lipinski definition) is 3. The molecule has 0 radical (unpaired) electrons. The molecule has 0 spiro atoms. The number of carbonyl (C=O) groups is 1. The van der Waals surface area contributed by atoms with Crippen molar-refractivity contribution >= 4 is 34.2 Å². The van der Waals surface area contributed by atoms with Crippen molar-refractivity contribution in [3.05, 3.63) is 82.8 Å². The van der Waals surface area contributed by atoms with Crippen LogP contribution in [0.4, 0.5) is 4.39 Å². The molecule has 166 valence electrons. The third-order valence-corrected chi connectivity index (χ3v) is 6.12. The fraction of sp³-hybridized carbons (Fsp3) is 0.130. The summed E-state index contributed by atoms with van der Waals surface area (Å²) in [6, 6.07) is 13.9. The maximum atomic E-state index is 13.2. The van der Waals surface area contributed by atoms with Crippen molar-refractivity contribution in [2.24, 2.45) is 0 Å². The molecular weight excluding hydrogens is 443 g/mol. The Morgan fingerprint density at radius 1 is 1.15 bits per heavy atom. The molecule has 0 bridgehead atoms. The van der Waals surface area contributed by atoms with Crippen molar-refractivity contribution in [3.8, 4) is 11.1 Å². The standard InChI is InChI=1S/C23H19FN6O2S/c24-16-7-5-14(6-8-16)18-12-27-30-21(18)28-22(29-23(30)32)33-13-20(31)25-10-9-15-11-26-19-4-2-1-3-17(15)19/h1-8,11-12,26H,9-10,13H2,(H,25,31)(H,28,29,32). The number of aromatic amines is 2. The molecule has 0 aliphatic rings. The second-order valence-electron chi connectivity index (χ2n) is 7.40. The number of nitrogens with one attached hydrogen (secondary N) is 3. The van der Waals surface area contributed by atoms with E-state index >= 15 is 0 Å². The van der Waals surface area contributed by atoms with Gasteiger partial charge in [0.05, 0.1) is 11.9 Å². The highest BCUT2D eigenvalue weighted by molar-refractivity contribution is 7.99. The number of benzene rings is 2. The molecule has 0 fully saturated rings. The number of aromatic nitrogens is 5. The number of rotatable bonds is 7. The van der Waals surface area contributed by atoms with Crippen LogP contribution in [-0.4, -0.2) is 42.8 Å². The minimum Gasteiger partial charge on any atom is -0.361 e. The summed E-state index contributed by atoms with van der Waals surface area (Å²) in [7, 11) is 0. The highest BCUT2D eigenvalue weighted by Gasteiger charge is 2.13. The zero-order chi connectivity index (χ0) is 22.8. The van der Waals surface area contributed by atoms with Gasteiger partial charge in [0.15, 0.2) is 10.8 Å². The fourth-order valence-electron chi connectivity index (χ4n) is 3.63. The molecule has 10 heteroatoms. The lowest BCUT2D eigenvalue weighted by Crippen LogP contribution is -2.27. The SMILES string of the molecule is O=C(CSc1nc2c(-c3ccc(F)cc3)cnn2c(=O)[nH]1)NCCc1c[nH]c2ccccc12. The van der Waals surface area contributed by atoms with E-state index in [1.807, 2.05) is 30.5 Å². The van der Waals surface area contributed by atoms with Gasteiger partial charge in [-0.15, -0.1) is 0 Å². The predicted molar refractivity (Wildman–Crippen MR) is 125 cm³/mol. The number of halogens is 1. The van der Waals surface area contributed by atoms with Crippen LogP contribution in [0.15, 0.2) is 70.9 Å². The van der Waals surface area contributed by atoms with Crippen LogP contribution in [0.3, 0.4) is 0 Å². The van der Waals surface area contributed by atoms with E-state index in [1.165, 1.54) is 18.3 Å². The van der Waals surface area contributed by atoms with Crippen LogP contribution in [0.2, 0.25) is 0 Å². The molecule has 2 aromatic carbocycles. The van der Waals surface area contributed by atoms with E-state index in [9.17, 15) is 14.0 Å². The van der Waals surface area contributed by atoms with E-state index in [0.717, 1.165) is 32.7 Å². The first-order valence-corrected chi connectivity index (χ1v) is 11.3. The number of nitrogens with zero attached hydrogens (tertiary/aromatic N) is 3. The number of fused-ring (bicyclic) bond motifs is 2. The number of H-pyrrole nitrogens is 2. The number of amides is 1. The summed E-state index contributed by atoms with van der Waals surface area (Å²) < 4.78 is 14.4. The van der Waals surface area contributed by atoms with Crippen LogP contribution in [0.5, 0.6) is 0 Å². The fourth-order valence-corrected chi connectivity index (χ4v) is 4.31. The lowest BCUT2D eigenvalue weighted by molar-refractivity contribution is -0.118. The second-order valence-corrected chi connectivity index (χ2v) is 8.36. The van der Waals surface area contributed by atoms with Crippen molar-refractivity contribution in [1.82, 2.24) is 29.9 Å². The van der Waals surface area contributed by atoms with Gasteiger partial charge in [-0.3, -0.25) is 9.78 Å².